The maximum atomic E-state index is 12.6. The highest BCUT2D eigenvalue weighted by molar-refractivity contribution is 5.93. The van der Waals surface area contributed by atoms with Crippen molar-refractivity contribution < 1.29 is 14.3 Å². The van der Waals surface area contributed by atoms with Crippen LogP contribution in [0.15, 0.2) is 60.9 Å². The largest absolute Gasteiger partial charge is 0.497 e. The molecule has 0 radical (unpaired) electrons. The van der Waals surface area contributed by atoms with E-state index in [1.807, 2.05) is 30.3 Å². The number of hydrogen-bond acceptors (Lipinski definition) is 6. The Kier molecular flexibility index (Phi) is 6.06. The topological polar surface area (TPSA) is 76.6 Å². The van der Waals surface area contributed by atoms with E-state index in [-0.39, 0.29) is 5.91 Å². The summed E-state index contributed by atoms with van der Waals surface area (Å²) >= 11 is 0. The van der Waals surface area contributed by atoms with Crippen molar-refractivity contribution in [3.05, 3.63) is 72.1 Å². The zero-order chi connectivity index (χ0) is 19.9. The van der Waals surface area contributed by atoms with E-state index >= 15 is 0 Å². The predicted molar refractivity (Wildman–Crippen MR) is 107 cm³/mol. The van der Waals surface area contributed by atoms with Gasteiger partial charge >= 0.3 is 0 Å². The Hall–Kier alpha value is -3.61. The number of hydrogen-bond donors (Lipinski definition) is 1. The molecule has 3 aromatic rings. The number of carbonyl (C=O) groups is 1. The molecule has 0 unspecified atom stereocenters. The fraction of sp³-hybridized carbons (Fsp3) is 0.190. The number of methoxy groups -OCH3 is 2. The number of benzene rings is 2. The molecule has 0 saturated carbocycles. The highest BCUT2D eigenvalue weighted by atomic mass is 16.5. The fourth-order valence-electron chi connectivity index (χ4n) is 2.68. The van der Waals surface area contributed by atoms with Crippen molar-refractivity contribution in [2.24, 2.45) is 0 Å². The summed E-state index contributed by atoms with van der Waals surface area (Å²) in [6.07, 6.45) is 3.01. The molecular weight excluding hydrogens is 356 g/mol. The predicted octanol–water partition coefficient (Wildman–Crippen LogP) is 3.51. The smallest absolute Gasteiger partial charge is 0.257 e. The van der Waals surface area contributed by atoms with Crippen molar-refractivity contribution in [2.75, 3.05) is 26.6 Å². The Morgan fingerprint density at radius 3 is 2.39 bits per heavy atom. The quantitative estimate of drug-likeness (QED) is 0.678. The van der Waals surface area contributed by atoms with Crippen LogP contribution in [0.3, 0.4) is 0 Å². The third-order valence-corrected chi connectivity index (χ3v) is 4.16. The van der Waals surface area contributed by atoms with Gasteiger partial charge in [0.25, 0.3) is 5.91 Å². The number of aromatic nitrogens is 2. The van der Waals surface area contributed by atoms with Crippen molar-refractivity contribution in [1.29, 1.82) is 0 Å². The summed E-state index contributed by atoms with van der Waals surface area (Å²) in [4.78, 5) is 22.7. The Labute approximate surface area is 164 Å². The molecule has 0 fully saturated rings. The van der Waals surface area contributed by atoms with Gasteiger partial charge in [-0.3, -0.25) is 4.79 Å². The lowest BCUT2D eigenvalue weighted by atomic mass is 10.2. The molecule has 7 heteroatoms. The average Bonchev–Trinajstić information content (AvgIpc) is 2.74. The van der Waals surface area contributed by atoms with E-state index in [1.54, 1.807) is 44.4 Å². The Balaban J connectivity index is 1.70. The number of rotatable bonds is 7. The van der Waals surface area contributed by atoms with Gasteiger partial charge < -0.3 is 19.7 Å². The molecule has 7 nitrogen and oxygen atoms in total. The molecule has 144 valence electrons. The van der Waals surface area contributed by atoms with E-state index in [1.165, 1.54) is 12.4 Å². The van der Waals surface area contributed by atoms with Crippen LogP contribution in [0.1, 0.15) is 15.9 Å². The second-order valence-electron chi connectivity index (χ2n) is 6.13. The van der Waals surface area contributed by atoms with Gasteiger partial charge in [-0.25, -0.2) is 9.97 Å². The van der Waals surface area contributed by atoms with Crippen molar-refractivity contribution >= 4 is 17.5 Å². The number of carbonyl (C=O) groups excluding carboxylic acids is 1. The van der Waals surface area contributed by atoms with Crippen LogP contribution in [0, 0.1) is 0 Å². The van der Waals surface area contributed by atoms with E-state index in [9.17, 15) is 4.79 Å². The first-order chi connectivity index (χ1) is 13.6. The molecule has 0 spiro atoms. The summed E-state index contributed by atoms with van der Waals surface area (Å²) in [6.45, 7) is 0.515. The Bertz CT molecular complexity index is 930. The van der Waals surface area contributed by atoms with E-state index in [0.717, 1.165) is 5.56 Å². The van der Waals surface area contributed by atoms with E-state index in [0.29, 0.717) is 35.2 Å². The molecule has 1 aromatic heterocycles. The standard InChI is InChI=1S/C21H22N4O3/c1-25(14-15-7-5-4-6-8-15)20(26)16-12-22-21(23-13-16)24-18-11-17(27-2)9-10-19(18)28-3/h4-13H,14H2,1-3H3,(H,22,23,24). The molecule has 0 atom stereocenters. The summed E-state index contributed by atoms with van der Waals surface area (Å²) in [5, 5.41) is 3.08. The highest BCUT2D eigenvalue weighted by Gasteiger charge is 2.14. The second kappa shape index (κ2) is 8.85. The minimum absolute atomic E-state index is 0.144. The molecule has 1 amide bonds. The lowest BCUT2D eigenvalue weighted by Crippen LogP contribution is -2.26. The van der Waals surface area contributed by atoms with Crippen molar-refractivity contribution in [2.45, 2.75) is 6.54 Å². The van der Waals surface area contributed by atoms with Crippen LogP contribution in [-0.2, 0) is 6.54 Å². The lowest BCUT2D eigenvalue weighted by Gasteiger charge is -2.17. The van der Waals surface area contributed by atoms with Gasteiger partial charge in [0.05, 0.1) is 25.5 Å². The number of amides is 1. The van der Waals surface area contributed by atoms with E-state index in [2.05, 4.69) is 15.3 Å². The van der Waals surface area contributed by atoms with Gasteiger partial charge in [-0.05, 0) is 17.7 Å². The van der Waals surface area contributed by atoms with Crippen LogP contribution in [0.5, 0.6) is 11.5 Å². The van der Waals surface area contributed by atoms with Crippen LogP contribution in [0.4, 0.5) is 11.6 Å². The van der Waals surface area contributed by atoms with Crippen molar-refractivity contribution in [3.8, 4) is 11.5 Å². The molecule has 0 saturated heterocycles. The minimum Gasteiger partial charge on any atom is -0.497 e. The SMILES string of the molecule is COc1ccc(OC)c(Nc2ncc(C(=O)N(C)Cc3ccccc3)cn2)c1. The Morgan fingerprint density at radius 2 is 1.75 bits per heavy atom. The van der Waals surface area contributed by atoms with Crippen molar-refractivity contribution in [3.63, 3.8) is 0 Å². The van der Waals surface area contributed by atoms with Gasteiger partial charge in [0, 0.05) is 32.1 Å². The molecule has 0 aliphatic rings. The van der Waals surface area contributed by atoms with Crippen LogP contribution in [0.25, 0.3) is 0 Å². The molecule has 0 aliphatic carbocycles. The fourth-order valence-corrected chi connectivity index (χ4v) is 2.68. The second-order valence-corrected chi connectivity index (χ2v) is 6.13. The van der Waals surface area contributed by atoms with Gasteiger partial charge in [-0.2, -0.15) is 0 Å². The zero-order valence-corrected chi connectivity index (χ0v) is 16.0. The number of ether oxygens (including phenoxy) is 2. The first-order valence-corrected chi connectivity index (χ1v) is 8.71. The monoisotopic (exact) mass is 378 g/mol. The van der Waals surface area contributed by atoms with E-state index in [4.69, 9.17) is 9.47 Å². The van der Waals surface area contributed by atoms with Gasteiger partial charge in [0.15, 0.2) is 0 Å². The van der Waals surface area contributed by atoms with Crippen LogP contribution in [0.2, 0.25) is 0 Å². The first kappa shape index (κ1) is 19.2. The van der Waals surface area contributed by atoms with Crippen LogP contribution in [-0.4, -0.2) is 42.0 Å². The molecular formula is C21H22N4O3. The number of anilines is 2. The maximum Gasteiger partial charge on any atom is 0.257 e. The highest BCUT2D eigenvalue weighted by Crippen LogP contribution is 2.30. The first-order valence-electron chi connectivity index (χ1n) is 8.71. The zero-order valence-electron chi connectivity index (χ0n) is 16.0. The molecule has 1 heterocycles. The summed E-state index contributed by atoms with van der Waals surface area (Å²) in [7, 11) is 4.93. The van der Waals surface area contributed by atoms with Gasteiger partial charge in [0.2, 0.25) is 5.95 Å². The molecule has 3 rings (SSSR count). The summed E-state index contributed by atoms with van der Waals surface area (Å²) in [5.41, 5.74) is 2.14. The molecule has 0 aliphatic heterocycles. The average molecular weight is 378 g/mol. The maximum absolute atomic E-state index is 12.6. The third kappa shape index (κ3) is 4.56. The van der Waals surface area contributed by atoms with Crippen LogP contribution < -0.4 is 14.8 Å². The summed E-state index contributed by atoms with van der Waals surface area (Å²) in [5.74, 6) is 1.52. The van der Waals surface area contributed by atoms with Gasteiger partial charge in [-0.15, -0.1) is 0 Å². The molecule has 28 heavy (non-hydrogen) atoms. The van der Waals surface area contributed by atoms with Gasteiger partial charge in [-0.1, -0.05) is 30.3 Å². The number of nitrogens with zero attached hydrogens (tertiary/aromatic N) is 3. The minimum atomic E-state index is -0.144. The summed E-state index contributed by atoms with van der Waals surface area (Å²) in [6, 6.07) is 15.2. The molecule has 0 bridgehead atoms. The normalized spacial score (nSPS) is 10.2. The molecule has 1 N–H and O–H groups in total. The Morgan fingerprint density at radius 1 is 1.04 bits per heavy atom. The lowest BCUT2D eigenvalue weighted by molar-refractivity contribution is 0.0784. The third-order valence-electron chi connectivity index (χ3n) is 4.16. The van der Waals surface area contributed by atoms with Crippen molar-refractivity contribution in [1.82, 2.24) is 14.9 Å². The summed E-state index contributed by atoms with van der Waals surface area (Å²) < 4.78 is 10.6. The van der Waals surface area contributed by atoms with Crippen LogP contribution >= 0.6 is 0 Å². The molecule has 2 aromatic carbocycles. The number of nitrogens with one attached hydrogen (secondary N) is 1. The van der Waals surface area contributed by atoms with Gasteiger partial charge in [0.1, 0.15) is 11.5 Å². The van der Waals surface area contributed by atoms with E-state index < -0.39 is 0 Å².